The Hall–Kier alpha value is -0.910. The first-order chi connectivity index (χ1) is 11.5. The van der Waals surface area contributed by atoms with Gasteiger partial charge < -0.3 is 4.74 Å². The van der Waals surface area contributed by atoms with E-state index >= 15 is 0 Å². The summed E-state index contributed by atoms with van der Waals surface area (Å²) in [6.45, 7) is 13.6. The molecule has 1 heterocycles. The third kappa shape index (κ3) is 5.05. The Morgan fingerprint density at radius 2 is 1.88 bits per heavy atom. The van der Waals surface area contributed by atoms with Crippen LogP contribution in [0.2, 0.25) is 0 Å². The van der Waals surface area contributed by atoms with Crippen molar-refractivity contribution in [2.45, 2.75) is 78.2 Å². The Kier molecular flexibility index (Phi) is 6.34. The molecule has 0 aromatic heterocycles. The van der Waals surface area contributed by atoms with Crippen LogP contribution >= 0.6 is 22.6 Å². The molecule has 0 bridgehead atoms. The first-order valence-electron chi connectivity index (χ1n) is 9.16. The molecule has 0 radical (unpaired) electrons. The van der Waals surface area contributed by atoms with Gasteiger partial charge in [-0.2, -0.15) is 4.58 Å². The smallest absolute Gasteiger partial charge is 0.306 e. The van der Waals surface area contributed by atoms with Gasteiger partial charge in [-0.1, -0.05) is 0 Å². The monoisotopic (exact) mass is 456 g/mol. The largest absolute Gasteiger partial charge is 0.460 e. The molecule has 0 atom stereocenters. The van der Waals surface area contributed by atoms with Crippen LogP contribution in [0, 0.1) is 3.57 Å². The summed E-state index contributed by atoms with van der Waals surface area (Å²) in [7, 11) is 0. The molecule has 0 saturated heterocycles. The summed E-state index contributed by atoms with van der Waals surface area (Å²) in [6.07, 6.45) is 3.54. The minimum atomic E-state index is -0.383. The molecule has 1 aliphatic heterocycles. The fraction of sp³-hybridized carbons (Fsp3) is 0.619. The average Bonchev–Trinajstić information content (AvgIpc) is 2.66. The van der Waals surface area contributed by atoms with E-state index in [1.165, 1.54) is 20.5 Å². The van der Waals surface area contributed by atoms with Gasteiger partial charge in [-0.3, -0.25) is 4.79 Å². The molecule has 0 unspecified atom stereocenters. The van der Waals surface area contributed by atoms with Gasteiger partial charge in [0.2, 0.25) is 5.69 Å². The van der Waals surface area contributed by atoms with Crippen molar-refractivity contribution in [3.05, 3.63) is 27.3 Å². The fourth-order valence-electron chi connectivity index (χ4n) is 3.35. The number of benzene rings is 1. The molecule has 0 fully saturated rings. The molecule has 0 spiro atoms. The molecule has 25 heavy (non-hydrogen) atoms. The summed E-state index contributed by atoms with van der Waals surface area (Å²) in [5, 5.41) is 0. The highest BCUT2D eigenvalue weighted by Crippen LogP contribution is 2.40. The maximum absolute atomic E-state index is 11.8. The Morgan fingerprint density at radius 1 is 1.20 bits per heavy atom. The lowest BCUT2D eigenvalue weighted by Crippen LogP contribution is -2.26. The molecule has 1 aromatic carbocycles. The number of ether oxygens (including phenoxy) is 1. The Bertz CT molecular complexity index is 684. The number of carbonyl (C=O) groups is 1. The number of unbranched alkanes of at least 4 members (excludes halogenated alkanes) is 2. The quantitative estimate of drug-likeness (QED) is 0.242. The Morgan fingerprint density at radius 3 is 2.52 bits per heavy atom. The van der Waals surface area contributed by atoms with Gasteiger partial charge in [-0.25, -0.2) is 0 Å². The van der Waals surface area contributed by atoms with Crippen LogP contribution in [0.5, 0.6) is 0 Å². The van der Waals surface area contributed by atoms with E-state index in [4.69, 9.17) is 4.74 Å². The Labute approximate surface area is 166 Å². The van der Waals surface area contributed by atoms with E-state index in [1.807, 2.05) is 20.8 Å². The summed E-state index contributed by atoms with van der Waals surface area (Å²) in [5.41, 5.74) is 3.88. The summed E-state index contributed by atoms with van der Waals surface area (Å²) in [5.74, 6) is -0.0857. The second-order valence-electron chi connectivity index (χ2n) is 8.42. The van der Waals surface area contributed by atoms with Gasteiger partial charge in [0, 0.05) is 35.0 Å². The van der Waals surface area contributed by atoms with Crippen LogP contribution in [0.4, 0.5) is 5.69 Å². The maximum atomic E-state index is 11.8. The van der Waals surface area contributed by atoms with Gasteiger partial charge in [-0.15, -0.1) is 0 Å². The zero-order chi connectivity index (χ0) is 18.8. The number of hydrogen-bond acceptors (Lipinski definition) is 2. The highest BCUT2D eigenvalue weighted by molar-refractivity contribution is 14.1. The number of halogens is 1. The van der Waals surface area contributed by atoms with Gasteiger partial charge >= 0.3 is 5.97 Å². The fourth-order valence-corrected chi connectivity index (χ4v) is 3.85. The van der Waals surface area contributed by atoms with E-state index in [-0.39, 0.29) is 17.0 Å². The maximum Gasteiger partial charge on any atom is 0.306 e. The van der Waals surface area contributed by atoms with Crippen molar-refractivity contribution in [2.24, 2.45) is 0 Å². The van der Waals surface area contributed by atoms with Crippen LogP contribution in [0.15, 0.2) is 18.2 Å². The predicted octanol–water partition coefficient (Wildman–Crippen LogP) is 5.59. The van der Waals surface area contributed by atoms with Crippen molar-refractivity contribution < 1.29 is 14.1 Å². The minimum absolute atomic E-state index is 0.0857. The molecular weight excluding hydrogens is 425 g/mol. The summed E-state index contributed by atoms with van der Waals surface area (Å²) in [4.78, 5) is 11.8. The third-order valence-corrected chi connectivity index (χ3v) is 5.59. The number of fused-ring (bicyclic) bond motifs is 1. The van der Waals surface area contributed by atoms with E-state index in [9.17, 15) is 4.79 Å². The first-order valence-corrected chi connectivity index (χ1v) is 10.2. The summed E-state index contributed by atoms with van der Waals surface area (Å²) < 4.78 is 9.11. The Balaban J connectivity index is 1.90. The topological polar surface area (TPSA) is 29.3 Å². The highest BCUT2D eigenvalue weighted by Gasteiger charge is 2.42. The van der Waals surface area contributed by atoms with E-state index < -0.39 is 0 Å². The molecule has 138 valence electrons. The van der Waals surface area contributed by atoms with Gasteiger partial charge in [0.1, 0.15) is 12.1 Å². The molecule has 2 rings (SSSR count). The molecule has 4 heteroatoms. The van der Waals surface area contributed by atoms with Gasteiger partial charge in [-0.05, 0) is 82.2 Å². The van der Waals surface area contributed by atoms with Crippen LogP contribution in [0.1, 0.15) is 72.8 Å². The SMILES string of the molecule is CC1=[N+](CCCCCC(=O)OC(C)(C)C)c2ccc(I)cc2C1(C)C. The molecule has 1 aromatic rings. The zero-order valence-electron chi connectivity index (χ0n) is 16.4. The normalized spacial score (nSPS) is 16.1. The number of hydrogen-bond donors (Lipinski definition) is 0. The predicted molar refractivity (Wildman–Crippen MR) is 112 cm³/mol. The van der Waals surface area contributed by atoms with Crippen LogP contribution in [-0.4, -0.2) is 28.4 Å². The van der Waals surface area contributed by atoms with Gasteiger partial charge in [0.25, 0.3) is 0 Å². The van der Waals surface area contributed by atoms with Gasteiger partial charge in [0.15, 0.2) is 5.71 Å². The average molecular weight is 456 g/mol. The van der Waals surface area contributed by atoms with Crippen molar-refractivity contribution in [3.8, 4) is 0 Å². The van der Waals surface area contributed by atoms with E-state index in [0.717, 1.165) is 25.8 Å². The summed E-state index contributed by atoms with van der Waals surface area (Å²) in [6, 6.07) is 6.74. The number of carbonyl (C=O) groups excluding carboxylic acids is 1. The first kappa shape index (κ1) is 20.4. The minimum Gasteiger partial charge on any atom is -0.460 e. The van der Waals surface area contributed by atoms with E-state index in [0.29, 0.717) is 6.42 Å². The third-order valence-electron chi connectivity index (χ3n) is 4.91. The van der Waals surface area contributed by atoms with E-state index in [2.05, 4.69) is 66.1 Å². The lowest BCUT2D eigenvalue weighted by atomic mass is 9.82. The number of nitrogens with zero attached hydrogens (tertiary/aromatic N) is 1. The molecule has 1 aliphatic rings. The van der Waals surface area contributed by atoms with Crippen LogP contribution in [0.25, 0.3) is 0 Å². The van der Waals surface area contributed by atoms with Crippen molar-refractivity contribution in [1.29, 1.82) is 0 Å². The van der Waals surface area contributed by atoms with E-state index in [1.54, 1.807) is 0 Å². The molecule has 0 N–H and O–H groups in total. The number of esters is 1. The molecule has 0 aliphatic carbocycles. The van der Waals surface area contributed by atoms with Crippen LogP contribution in [-0.2, 0) is 14.9 Å². The second kappa shape index (κ2) is 7.77. The lowest BCUT2D eigenvalue weighted by molar-refractivity contribution is -0.439. The van der Waals surface area contributed by atoms with Crippen LogP contribution < -0.4 is 0 Å². The van der Waals surface area contributed by atoms with Crippen molar-refractivity contribution >= 4 is 40.0 Å². The van der Waals surface area contributed by atoms with Crippen molar-refractivity contribution in [1.82, 2.24) is 0 Å². The van der Waals surface area contributed by atoms with Gasteiger partial charge in [0.05, 0.1) is 5.41 Å². The summed E-state index contributed by atoms with van der Waals surface area (Å²) >= 11 is 2.39. The van der Waals surface area contributed by atoms with Crippen LogP contribution in [0.3, 0.4) is 0 Å². The zero-order valence-corrected chi connectivity index (χ0v) is 18.6. The molecule has 0 saturated carbocycles. The van der Waals surface area contributed by atoms with Crippen molar-refractivity contribution in [2.75, 3.05) is 6.54 Å². The standard InChI is InChI=1S/C21H31INO2/c1-15-21(5,6)17-14-16(22)11-12-18(17)23(15)13-9-7-8-10-19(24)25-20(2,3)4/h11-12,14H,7-10,13H2,1-6H3/q+1. The number of rotatable bonds is 6. The molecular formula is C21H31INO2+. The second-order valence-corrected chi connectivity index (χ2v) is 9.67. The molecule has 0 amide bonds. The highest BCUT2D eigenvalue weighted by atomic mass is 127. The van der Waals surface area contributed by atoms with Crippen molar-refractivity contribution in [3.63, 3.8) is 0 Å². The lowest BCUT2D eigenvalue weighted by Gasteiger charge is -2.19. The molecule has 3 nitrogen and oxygen atoms in total.